The number of aliphatic hydroxyl groups excluding tert-OH is 1. The Balaban J connectivity index is 1.96. The summed E-state index contributed by atoms with van der Waals surface area (Å²) in [7, 11) is 0. The fourth-order valence-electron chi connectivity index (χ4n) is 1.72. The van der Waals surface area contributed by atoms with Crippen molar-refractivity contribution in [3.05, 3.63) is 58.3 Å². The Labute approximate surface area is 121 Å². The maximum absolute atomic E-state index is 9.70. The first-order valence-electron chi connectivity index (χ1n) is 6.19. The zero-order valence-electron chi connectivity index (χ0n) is 10.7. The van der Waals surface area contributed by atoms with Gasteiger partial charge in [-0.25, -0.2) is 0 Å². The average molecular weight is 322 g/mol. The summed E-state index contributed by atoms with van der Waals surface area (Å²) in [5.74, 6) is 0.784. The number of halogens is 1. The first-order valence-corrected chi connectivity index (χ1v) is 6.98. The number of ether oxygens (including phenoxy) is 1. The van der Waals surface area contributed by atoms with Crippen molar-refractivity contribution in [2.24, 2.45) is 0 Å². The Morgan fingerprint density at radius 3 is 2.63 bits per heavy atom. The van der Waals surface area contributed by atoms with Crippen LogP contribution in [0.5, 0.6) is 5.75 Å². The number of nitrogens with zero attached hydrogens (tertiary/aromatic N) is 1. The minimum Gasteiger partial charge on any atom is -0.489 e. The van der Waals surface area contributed by atoms with Gasteiger partial charge in [-0.3, -0.25) is 4.98 Å². The van der Waals surface area contributed by atoms with Crippen molar-refractivity contribution in [1.29, 1.82) is 0 Å². The number of aliphatic hydroxyl groups is 1. The summed E-state index contributed by atoms with van der Waals surface area (Å²) >= 11 is 3.38. The van der Waals surface area contributed by atoms with E-state index in [0.717, 1.165) is 21.3 Å². The highest BCUT2D eigenvalue weighted by Gasteiger charge is 2.04. The van der Waals surface area contributed by atoms with Crippen molar-refractivity contribution in [2.75, 3.05) is 0 Å². The van der Waals surface area contributed by atoms with E-state index in [2.05, 4.69) is 20.9 Å². The molecule has 2 aromatic rings. The molecule has 1 aromatic heterocycles. The molecule has 0 aliphatic rings. The van der Waals surface area contributed by atoms with Crippen LogP contribution in [0.3, 0.4) is 0 Å². The van der Waals surface area contributed by atoms with Crippen LogP contribution in [0.4, 0.5) is 0 Å². The van der Waals surface area contributed by atoms with Gasteiger partial charge >= 0.3 is 0 Å². The van der Waals surface area contributed by atoms with Crippen molar-refractivity contribution in [3.63, 3.8) is 0 Å². The largest absolute Gasteiger partial charge is 0.489 e. The Bertz CT molecular complexity index is 528. The molecule has 0 aliphatic carbocycles. The van der Waals surface area contributed by atoms with Crippen LogP contribution >= 0.6 is 15.9 Å². The summed E-state index contributed by atoms with van der Waals surface area (Å²) in [6.07, 6.45) is 3.83. The highest BCUT2D eigenvalue weighted by molar-refractivity contribution is 9.10. The smallest absolute Gasteiger partial charge is 0.119 e. The fourth-order valence-corrected chi connectivity index (χ4v) is 2.14. The second-order valence-electron chi connectivity index (χ2n) is 4.29. The Morgan fingerprint density at radius 1 is 1.26 bits per heavy atom. The molecule has 100 valence electrons. The zero-order valence-corrected chi connectivity index (χ0v) is 12.3. The number of hydrogen-bond acceptors (Lipinski definition) is 3. The van der Waals surface area contributed by atoms with E-state index in [1.807, 2.05) is 37.3 Å². The van der Waals surface area contributed by atoms with Crippen LogP contribution in [0.2, 0.25) is 0 Å². The molecule has 1 aromatic carbocycles. The predicted molar refractivity (Wildman–Crippen MR) is 78.0 cm³/mol. The molecule has 0 bridgehead atoms. The van der Waals surface area contributed by atoms with Gasteiger partial charge in [0.25, 0.3) is 0 Å². The first-order chi connectivity index (χ1) is 9.19. The second kappa shape index (κ2) is 6.68. The number of pyridine rings is 1. The standard InChI is InChI=1S/C15H16BrNO2/c1-2-15(18)12-3-5-14(6-4-12)19-10-11-7-13(16)9-17-8-11/h3-9,15,18H,2,10H2,1H3. The third-order valence-corrected chi connectivity index (χ3v) is 3.25. The zero-order chi connectivity index (χ0) is 13.7. The van der Waals surface area contributed by atoms with E-state index >= 15 is 0 Å². The van der Waals surface area contributed by atoms with Gasteiger partial charge < -0.3 is 9.84 Å². The molecule has 0 saturated carbocycles. The summed E-state index contributed by atoms with van der Waals surface area (Å²) < 4.78 is 6.61. The predicted octanol–water partition coefficient (Wildman–Crippen LogP) is 3.87. The van der Waals surface area contributed by atoms with Gasteiger partial charge in [-0.15, -0.1) is 0 Å². The molecule has 1 N–H and O–H groups in total. The van der Waals surface area contributed by atoms with Crippen LogP contribution in [0, 0.1) is 0 Å². The molecule has 1 heterocycles. The lowest BCUT2D eigenvalue weighted by Gasteiger charge is -2.10. The molecule has 19 heavy (non-hydrogen) atoms. The van der Waals surface area contributed by atoms with Crippen LogP contribution in [-0.2, 0) is 6.61 Å². The van der Waals surface area contributed by atoms with Gasteiger partial charge in [0.05, 0.1) is 6.10 Å². The van der Waals surface area contributed by atoms with E-state index in [0.29, 0.717) is 13.0 Å². The highest BCUT2D eigenvalue weighted by atomic mass is 79.9. The monoisotopic (exact) mass is 321 g/mol. The molecule has 0 aliphatic heterocycles. The van der Waals surface area contributed by atoms with Crippen molar-refractivity contribution in [3.8, 4) is 5.75 Å². The molecule has 1 unspecified atom stereocenters. The summed E-state index contributed by atoms with van der Waals surface area (Å²) in [6.45, 7) is 2.43. The minimum absolute atomic E-state index is 0.400. The van der Waals surface area contributed by atoms with Crippen LogP contribution in [0.1, 0.15) is 30.6 Å². The number of hydrogen-bond donors (Lipinski definition) is 1. The van der Waals surface area contributed by atoms with E-state index < -0.39 is 6.10 Å². The van der Waals surface area contributed by atoms with E-state index in [-0.39, 0.29) is 0 Å². The lowest BCUT2D eigenvalue weighted by molar-refractivity contribution is 0.173. The van der Waals surface area contributed by atoms with Gasteiger partial charge in [0, 0.05) is 22.4 Å². The van der Waals surface area contributed by atoms with Gasteiger partial charge in [-0.05, 0) is 46.1 Å². The van der Waals surface area contributed by atoms with Gasteiger partial charge in [0.15, 0.2) is 0 Å². The van der Waals surface area contributed by atoms with Crippen LogP contribution in [0.15, 0.2) is 47.2 Å². The lowest BCUT2D eigenvalue weighted by Crippen LogP contribution is -1.98. The summed E-state index contributed by atoms with van der Waals surface area (Å²) in [6, 6.07) is 9.51. The molecule has 2 rings (SSSR count). The first kappa shape index (κ1) is 14.0. The molecule has 0 radical (unpaired) electrons. The van der Waals surface area contributed by atoms with Crippen LogP contribution in [0.25, 0.3) is 0 Å². The van der Waals surface area contributed by atoms with Gasteiger partial charge in [-0.2, -0.15) is 0 Å². The topological polar surface area (TPSA) is 42.4 Å². The Hall–Kier alpha value is -1.39. The maximum atomic E-state index is 9.70. The normalized spacial score (nSPS) is 12.2. The minimum atomic E-state index is -0.400. The SMILES string of the molecule is CCC(O)c1ccc(OCc2cncc(Br)c2)cc1. The number of benzene rings is 1. The van der Waals surface area contributed by atoms with Crippen LogP contribution < -0.4 is 4.74 Å². The number of aromatic nitrogens is 1. The van der Waals surface area contributed by atoms with Crippen molar-refractivity contribution in [1.82, 2.24) is 4.98 Å². The van der Waals surface area contributed by atoms with E-state index in [1.54, 1.807) is 12.4 Å². The van der Waals surface area contributed by atoms with Gasteiger partial charge in [-0.1, -0.05) is 19.1 Å². The number of rotatable bonds is 5. The van der Waals surface area contributed by atoms with Gasteiger partial charge in [0.2, 0.25) is 0 Å². The second-order valence-corrected chi connectivity index (χ2v) is 5.21. The molecule has 0 fully saturated rings. The molecular weight excluding hydrogens is 306 g/mol. The molecule has 1 atom stereocenters. The van der Waals surface area contributed by atoms with Crippen LogP contribution in [-0.4, -0.2) is 10.1 Å². The molecular formula is C15H16BrNO2. The van der Waals surface area contributed by atoms with E-state index in [4.69, 9.17) is 4.74 Å². The fraction of sp³-hybridized carbons (Fsp3) is 0.267. The molecule has 0 spiro atoms. The Kier molecular flexibility index (Phi) is 4.93. The maximum Gasteiger partial charge on any atom is 0.119 e. The molecule has 4 heteroatoms. The van der Waals surface area contributed by atoms with Gasteiger partial charge in [0.1, 0.15) is 12.4 Å². The van der Waals surface area contributed by atoms with E-state index in [1.165, 1.54) is 0 Å². The van der Waals surface area contributed by atoms with E-state index in [9.17, 15) is 5.11 Å². The molecule has 3 nitrogen and oxygen atoms in total. The molecule has 0 amide bonds. The summed E-state index contributed by atoms with van der Waals surface area (Å²) in [5, 5.41) is 9.70. The summed E-state index contributed by atoms with van der Waals surface area (Å²) in [5.41, 5.74) is 1.92. The third kappa shape index (κ3) is 4.04. The average Bonchev–Trinajstić information content (AvgIpc) is 2.45. The lowest BCUT2D eigenvalue weighted by atomic mass is 10.1. The quantitative estimate of drug-likeness (QED) is 0.909. The summed E-state index contributed by atoms with van der Waals surface area (Å²) in [4.78, 5) is 4.08. The van der Waals surface area contributed by atoms with Crippen molar-refractivity contribution >= 4 is 15.9 Å². The Morgan fingerprint density at radius 2 is 2.00 bits per heavy atom. The third-order valence-electron chi connectivity index (χ3n) is 2.82. The van der Waals surface area contributed by atoms with Crippen molar-refractivity contribution < 1.29 is 9.84 Å². The van der Waals surface area contributed by atoms with Crippen molar-refractivity contribution in [2.45, 2.75) is 26.1 Å². The molecule has 0 saturated heterocycles. The highest BCUT2D eigenvalue weighted by Crippen LogP contribution is 2.20.